The van der Waals surface area contributed by atoms with Crippen molar-refractivity contribution in [2.24, 2.45) is 0 Å². The van der Waals surface area contributed by atoms with Crippen molar-refractivity contribution in [2.75, 3.05) is 24.5 Å². The summed E-state index contributed by atoms with van der Waals surface area (Å²) in [6.45, 7) is 6.94. The molecule has 3 heteroatoms. The van der Waals surface area contributed by atoms with Crippen LogP contribution in [0, 0.1) is 0 Å². The summed E-state index contributed by atoms with van der Waals surface area (Å²) < 4.78 is 1.13. The first-order valence-electron chi connectivity index (χ1n) is 5.17. The maximum absolute atomic E-state index is 3.89. The Morgan fingerprint density at radius 2 is 2.40 bits per heavy atom. The first kappa shape index (κ1) is 10.7. The zero-order chi connectivity index (χ0) is 10.7. The minimum absolute atomic E-state index is 0.396. The van der Waals surface area contributed by atoms with Crippen molar-refractivity contribution in [1.82, 2.24) is 5.32 Å². The van der Waals surface area contributed by atoms with Crippen LogP contribution < -0.4 is 10.2 Å². The van der Waals surface area contributed by atoms with Gasteiger partial charge in [-0.3, -0.25) is 0 Å². The molecule has 1 aliphatic heterocycles. The van der Waals surface area contributed by atoms with Crippen molar-refractivity contribution >= 4 is 21.6 Å². The van der Waals surface area contributed by atoms with Gasteiger partial charge in [0, 0.05) is 29.8 Å². The van der Waals surface area contributed by atoms with E-state index in [2.05, 4.69) is 57.0 Å². The number of piperazine rings is 1. The molecule has 1 fully saturated rings. The minimum atomic E-state index is 0.396. The van der Waals surface area contributed by atoms with Gasteiger partial charge in [-0.15, -0.1) is 6.58 Å². The number of benzene rings is 1. The highest BCUT2D eigenvalue weighted by molar-refractivity contribution is 9.10. The molecule has 1 heterocycles. The topological polar surface area (TPSA) is 15.3 Å². The van der Waals surface area contributed by atoms with Gasteiger partial charge in [-0.05, 0) is 18.2 Å². The fraction of sp³-hybridized carbons (Fsp3) is 0.333. The highest BCUT2D eigenvalue weighted by Crippen LogP contribution is 2.22. The van der Waals surface area contributed by atoms with Gasteiger partial charge in [0.05, 0.1) is 6.04 Å². The highest BCUT2D eigenvalue weighted by atomic mass is 79.9. The number of halogens is 1. The third kappa shape index (κ3) is 2.41. The zero-order valence-electron chi connectivity index (χ0n) is 8.62. The first-order valence-corrected chi connectivity index (χ1v) is 5.96. The Kier molecular flexibility index (Phi) is 3.44. The number of hydrogen-bond donors (Lipinski definition) is 1. The number of anilines is 1. The summed E-state index contributed by atoms with van der Waals surface area (Å²) in [7, 11) is 0. The van der Waals surface area contributed by atoms with Crippen molar-refractivity contribution in [1.29, 1.82) is 0 Å². The molecule has 0 amide bonds. The van der Waals surface area contributed by atoms with Crippen LogP contribution >= 0.6 is 15.9 Å². The molecule has 0 radical (unpaired) electrons. The van der Waals surface area contributed by atoms with Crippen LogP contribution in [0.2, 0.25) is 0 Å². The average Bonchev–Trinajstić information content (AvgIpc) is 2.29. The van der Waals surface area contributed by atoms with Crippen LogP contribution in [0.15, 0.2) is 41.4 Å². The fourth-order valence-corrected chi connectivity index (χ4v) is 2.30. The molecular weight excluding hydrogens is 252 g/mol. The lowest BCUT2D eigenvalue weighted by Gasteiger charge is -2.36. The van der Waals surface area contributed by atoms with Gasteiger partial charge < -0.3 is 10.2 Å². The van der Waals surface area contributed by atoms with Gasteiger partial charge in [0.15, 0.2) is 0 Å². The molecule has 2 nitrogen and oxygen atoms in total. The molecular formula is C12H15BrN2. The summed E-state index contributed by atoms with van der Waals surface area (Å²) in [6.07, 6.45) is 2.01. The first-order chi connectivity index (χ1) is 7.31. The van der Waals surface area contributed by atoms with Gasteiger partial charge in [-0.1, -0.05) is 28.1 Å². The van der Waals surface area contributed by atoms with Gasteiger partial charge >= 0.3 is 0 Å². The van der Waals surface area contributed by atoms with E-state index in [1.54, 1.807) is 0 Å². The predicted molar refractivity (Wildman–Crippen MR) is 68.3 cm³/mol. The van der Waals surface area contributed by atoms with Crippen molar-refractivity contribution < 1.29 is 0 Å². The number of rotatable bonds is 2. The maximum Gasteiger partial charge on any atom is 0.0595 e. The molecule has 0 spiro atoms. The van der Waals surface area contributed by atoms with Gasteiger partial charge in [0.2, 0.25) is 0 Å². The van der Waals surface area contributed by atoms with E-state index in [9.17, 15) is 0 Å². The van der Waals surface area contributed by atoms with Crippen molar-refractivity contribution in [3.63, 3.8) is 0 Å². The molecule has 0 bridgehead atoms. The normalized spacial score (nSPS) is 21.4. The van der Waals surface area contributed by atoms with Gasteiger partial charge in [-0.25, -0.2) is 0 Å². The van der Waals surface area contributed by atoms with E-state index < -0.39 is 0 Å². The van der Waals surface area contributed by atoms with E-state index in [4.69, 9.17) is 0 Å². The minimum Gasteiger partial charge on any atom is -0.363 e. The molecule has 1 N–H and O–H groups in total. The Morgan fingerprint density at radius 1 is 1.53 bits per heavy atom. The second-order valence-electron chi connectivity index (χ2n) is 3.68. The molecule has 1 saturated heterocycles. The SMILES string of the molecule is C=C[C@H]1CNCCN1c1cccc(Br)c1. The Hall–Kier alpha value is -0.800. The molecule has 1 aliphatic rings. The maximum atomic E-state index is 3.89. The lowest BCUT2D eigenvalue weighted by atomic mass is 10.1. The van der Waals surface area contributed by atoms with E-state index in [0.29, 0.717) is 6.04 Å². The van der Waals surface area contributed by atoms with Crippen LogP contribution in [-0.4, -0.2) is 25.7 Å². The van der Waals surface area contributed by atoms with Crippen molar-refractivity contribution in [3.8, 4) is 0 Å². The van der Waals surface area contributed by atoms with E-state index in [0.717, 1.165) is 24.1 Å². The van der Waals surface area contributed by atoms with E-state index in [-0.39, 0.29) is 0 Å². The molecule has 1 aromatic rings. The molecule has 80 valence electrons. The third-order valence-electron chi connectivity index (χ3n) is 2.70. The molecule has 15 heavy (non-hydrogen) atoms. The van der Waals surface area contributed by atoms with Gasteiger partial charge in [0.1, 0.15) is 0 Å². The van der Waals surface area contributed by atoms with Crippen LogP contribution in [0.25, 0.3) is 0 Å². The summed E-state index contributed by atoms with van der Waals surface area (Å²) >= 11 is 3.50. The van der Waals surface area contributed by atoms with Crippen molar-refractivity contribution in [2.45, 2.75) is 6.04 Å². The Balaban J connectivity index is 2.23. The fourth-order valence-electron chi connectivity index (χ4n) is 1.91. The van der Waals surface area contributed by atoms with Gasteiger partial charge in [0.25, 0.3) is 0 Å². The number of nitrogens with one attached hydrogen (secondary N) is 1. The quantitative estimate of drug-likeness (QED) is 0.828. The molecule has 1 aromatic carbocycles. The van der Waals surface area contributed by atoms with Crippen LogP contribution in [0.3, 0.4) is 0 Å². The summed E-state index contributed by atoms with van der Waals surface area (Å²) in [6, 6.07) is 8.82. The Bertz CT molecular complexity index is 351. The smallest absolute Gasteiger partial charge is 0.0595 e. The molecule has 2 rings (SSSR count). The zero-order valence-corrected chi connectivity index (χ0v) is 10.2. The monoisotopic (exact) mass is 266 g/mol. The standard InChI is InChI=1S/C12H15BrN2/c1-2-11-9-14-6-7-15(11)12-5-3-4-10(13)8-12/h2-5,8,11,14H,1,6-7,9H2/t11-/m0/s1. The summed E-state index contributed by atoms with van der Waals surface area (Å²) in [5.41, 5.74) is 1.26. The summed E-state index contributed by atoms with van der Waals surface area (Å²) in [5, 5.41) is 3.38. The van der Waals surface area contributed by atoms with Crippen LogP contribution in [0.5, 0.6) is 0 Å². The van der Waals surface area contributed by atoms with Gasteiger partial charge in [-0.2, -0.15) is 0 Å². The Morgan fingerprint density at radius 3 is 3.13 bits per heavy atom. The molecule has 0 aromatic heterocycles. The molecule has 0 saturated carbocycles. The second kappa shape index (κ2) is 4.81. The van der Waals surface area contributed by atoms with Crippen molar-refractivity contribution in [3.05, 3.63) is 41.4 Å². The average molecular weight is 267 g/mol. The lowest BCUT2D eigenvalue weighted by Crippen LogP contribution is -2.50. The van der Waals surface area contributed by atoms with E-state index in [1.165, 1.54) is 5.69 Å². The third-order valence-corrected chi connectivity index (χ3v) is 3.19. The number of nitrogens with zero attached hydrogens (tertiary/aromatic N) is 1. The molecule has 1 atom stereocenters. The van der Waals surface area contributed by atoms with E-state index in [1.807, 2.05) is 6.08 Å². The summed E-state index contributed by atoms with van der Waals surface area (Å²) in [5.74, 6) is 0. The van der Waals surface area contributed by atoms with Crippen LogP contribution in [0.1, 0.15) is 0 Å². The largest absolute Gasteiger partial charge is 0.363 e. The van der Waals surface area contributed by atoms with E-state index >= 15 is 0 Å². The molecule has 0 aliphatic carbocycles. The molecule has 0 unspecified atom stereocenters. The highest BCUT2D eigenvalue weighted by Gasteiger charge is 2.19. The summed E-state index contributed by atoms with van der Waals surface area (Å²) in [4.78, 5) is 2.38. The number of hydrogen-bond acceptors (Lipinski definition) is 2. The predicted octanol–water partition coefficient (Wildman–Crippen LogP) is 2.41. The second-order valence-corrected chi connectivity index (χ2v) is 4.60. The lowest BCUT2D eigenvalue weighted by molar-refractivity contribution is 0.530. The van der Waals surface area contributed by atoms with Crippen LogP contribution in [0.4, 0.5) is 5.69 Å². The Labute approximate surface area is 99.1 Å². The van der Waals surface area contributed by atoms with Crippen LogP contribution in [-0.2, 0) is 0 Å².